The summed E-state index contributed by atoms with van der Waals surface area (Å²) < 4.78 is 1.26. The highest BCUT2D eigenvalue weighted by molar-refractivity contribution is 14.1. The molecule has 0 heterocycles. The second kappa shape index (κ2) is 7.64. The Bertz CT molecular complexity index is 569. The van der Waals surface area contributed by atoms with Crippen LogP contribution < -0.4 is 5.32 Å². The van der Waals surface area contributed by atoms with Crippen LogP contribution in [-0.4, -0.2) is 13.1 Å². The summed E-state index contributed by atoms with van der Waals surface area (Å²) >= 11 is 14.5. The van der Waals surface area contributed by atoms with Gasteiger partial charge in [-0.1, -0.05) is 41.4 Å². The smallest absolute Gasteiger partial charge is 0.0453 e. The molecule has 0 bridgehead atoms. The van der Waals surface area contributed by atoms with Gasteiger partial charge in [-0.05, 0) is 77.9 Å². The van der Waals surface area contributed by atoms with E-state index in [1.807, 2.05) is 19.2 Å². The topological polar surface area (TPSA) is 12.0 Å². The van der Waals surface area contributed by atoms with Gasteiger partial charge >= 0.3 is 0 Å². The van der Waals surface area contributed by atoms with Crippen LogP contribution in [0.1, 0.15) is 11.1 Å². The predicted octanol–water partition coefficient (Wildman–Crippen LogP) is 4.97. The molecule has 1 unspecified atom stereocenters. The summed E-state index contributed by atoms with van der Waals surface area (Å²) in [5.74, 6) is 0. The third kappa shape index (κ3) is 4.62. The molecule has 2 aromatic carbocycles. The van der Waals surface area contributed by atoms with Gasteiger partial charge in [0.25, 0.3) is 0 Å². The van der Waals surface area contributed by atoms with Crippen molar-refractivity contribution in [1.82, 2.24) is 5.32 Å². The lowest BCUT2D eigenvalue weighted by Crippen LogP contribution is -2.30. The van der Waals surface area contributed by atoms with Crippen LogP contribution in [-0.2, 0) is 12.8 Å². The van der Waals surface area contributed by atoms with E-state index in [1.165, 1.54) is 9.13 Å². The van der Waals surface area contributed by atoms with Crippen LogP contribution in [0.2, 0.25) is 10.0 Å². The molecule has 2 rings (SSSR count). The third-order valence-electron chi connectivity index (χ3n) is 3.29. The first-order chi connectivity index (χ1) is 9.58. The van der Waals surface area contributed by atoms with E-state index in [4.69, 9.17) is 23.2 Å². The largest absolute Gasteiger partial charge is 0.316 e. The first-order valence-electron chi connectivity index (χ1n) is 6.44. The summed E-state index contributed by atoms with van der Waals surface area (Å²) in [7, 11) is 1.99. The molecule has 0 amide bonds. The molecule has 1 nitrogen and oxygen atoms in total. The summed E-state index contributed by atoms with van der Waals surface area (Å²) in [6.07, 6.45) is 1.87. The molecular formula is C16H16Cl2IN. The Hall–Kier alpha value is -0.290. The van der Waals surface area contributed by atoms with Crippen molar-refractivity contribution >= 4 is 45.8 Å². The molecule has 0 aliphatic carbocycles. The first-order valence-corrected chi connectivity index (χ1v) is 8.27. The van der Waals surface area contributed by atoms with Crippen molar-refractivity contribution in [2.24, 2.45) is 0 Å². The maximum absolute atomic E-state index is 6.24. The lowest BCUT2D eigenvalue weighted by molar-refractivity contribution is 0.556. The maximum atomic E-state index is 6.24. The molecule has 4 heteroatoms. The standard InChI is InChI=1S/C16H16Cl2IN/c1-20-15(8-11-2-6-14(19)7-3-11)9-12-4-5-13(17)10-16(12)18/h2-7,10,15,20H,8-9H2,1H3. The zero-order valence-electron chi connectivity index (χ0n) is 11.2. The third-order valence-corrected chi connectivity index (χ3v) is 4.59. The fourth-order valence-electron chi connectivity index (χ4n) is 2.13. The SMILES string of the molecule is CNC(Cc1ccc(I)cc1)Cc1ccc(Cl)cc1Cl. The molecule has 0 spiro atoms. The van der Waals surface area contributed by atoms with Crippen LogP contribution in [0, 0.1) is 3.57 Å². The second-order valence-corrected chi connectivity index (χ2v) is 6.85. The first kappa shape index (κ1) is 16.1. The van der Waals surface area contributed by atoms with Crippen molar-refractivity contribution in [2.45, 2.75) is 18.9 Å². The van der Waals surface area contributed by atoms with Crippen LogP contribution >= 0.6 is 45.8 Å². The molecule has 20 heavy (non-hydrogen) atoms. The summed E-state index contributed by atoms with van der Waals surface area (Å²) in [5, 5.41) is 4.78. The van der Waals surface area contributed by atoms with Crippen molar-refractivity contribution in [1.29, 1.82) is 0 Å². The fraction of sp³-hybridized carbons (Fsp3) is 0.250. The van der Waals surface area contributed by atoms with E-state index >= 15 is 0 Å². The van der Waals surface area contributed by atoms with Crippen LogP contribution in [0.3, 0.4) is 0 Å². The summed E-state index contributed by atoms with van der Waals surface area (Å²) in [5.41, 5.74) is 2.45. The minimum atomic E-state index is 0.355. The van der Waals surface area contributed by atoms with E-state index in [0.29, 0.717) is 11.1 Å². The van der Waals surface area contributed by atoms with Gasteiger partial charge in [0.1, 0.15) is 0 Å². The van der Waals surface area contributed by atoms with Crippen LogP contribution in [0.5, 0.6) is 0 Å². The number of hydrogen-bond acceptors (Lipinski definition) is 1. The fourth-order valence-corrected chi connectivity index (χ4v) is 2.98. The van der Waals surface area contributed by atoms with E-state index in [9.17, 15) is 0 Å². The summed E-state index contributed by atoms with van der Waals surface area (Å²) in [6, 6.07) is 14.7. The van der Waals surface area contributed by atoms with Crippen molar-refractivity contribution in [3.05, 3.63) is 67.2 Å². The summed E-state index contributed by atoms with van der Waals surface area (Å²) in [6.45, 7) is 0. The average Bonchev–Trinajstić information content (AvgIpc) is 2.43. The molecule has 0 saturated heterocycles. The molecule has 1 atom stereocenters. The Balaban J connectivity index is 2.07. The van der Waals surface area contributed by atoms with Gasteiger partial charge in [0.15, 0.2) is 0 Å². The van der Waals surface area contributed by atoms with Gasteiger partial charge in [0.2, 0.25) is 0 Å². The van der Waals surface area contributed by atoms with Crippen molar-refractivity contribution < 1.29 is 0 Å². The van der Waals surface area contributed by atoms with E-state index in [1.54, 1.807) is 6.07 Å². The molecule has 0 aliphatic heterocycles. The zero-order valence-corrected chi connectivity index (χ0v) is 14.8. The van der Waals surface area contributed by atoms with Gasteiger partial charge < -0.3 is 5.32 Å². The minimum absolute atomic E-state index is 0.355. The van der Waals surface area contributed by atoms with E-state index in [0.717, 1.165) is 23.4 Å². The molecule has 0 saturated carbocycles. The van der Waals surface area contributed by atoms with E-state index < -0.39 is 0 Å². The van der Waals surface area contributed by atoms with Crippen LogP contribution in [0.15, 0.2) is 42.5 Å². The maximum Gasteiger partial charge on any atom is 0.0453 e. The average molecular weight is 420 g/mol. The molecule has 0 fully saturated rings. The molecule has 0 aliphatic rings. The Morgan fingerprint density at radius 3 is 2.35 bits per heavy atom. The van der Waals surface area contributed by atoms with Crippen LogP contribution in [0.25, 0.3) is 0 Å². The zero-order chi connectivity index (χ0) is 14.5. The number of likely N-dealkylation sites (N-methyl/N-ethyl adjacent to an activating group) is 1. The van der Waals surface area contributed by atoms with Crippen LogP contribution in [0.4, 0.5) is 0 Å². The molecule has 0 radical (unpaired) electrons. The van der Waals surface area contributed by atoms with Gasteiger partial charge in [-0.15, -0.1) is 0 Å². The Morgan fingerprint density at radius 1 is 1.05 bits per heavy atom. The predicted molar refractivity (Wildman–Crippen MR) is 95.9 cm³/mol. The minimum Gasteiger partial charge on any atom is -0.316 e. The number of nitrogens with one attached hydrogen (secondary N) is 1. The van der Waals surface area contributed by atoms with E-state index in [2.05, 4.69) is 52.2 Å². The number of halogens is 3. The van der Waals surface area contributed by atoms with E-state index in [-0.39, 0.29) is 0 Å². The van der Waals surface area contributed by atoms with Gasteiger partial charge in [-0.2, -0.15) is 0 Å². The number of hydrogen-bond donors (Lipinski definition) is 1. The lowest BCUT2D eigenvalue weighted by Gasteiger charge is -2.17. The van der Waals surface area contributed by atoms with Crippen molar-refractivity contribution in [3.63, 3.8) is 0 Å². The lowest BCUT2D eigenvalue weighted by atomic mass is 9.99. The highest BCUT2D eigenvalue weighted by atomic mass is 127. The highest BCUT2D eigenvalue weighted by Crippen LogP contribution is 2.23. The number of rotatable bonds is 5. The monoisotopic (exact) mass is 419 g/mol. The molecule has 1 N–H and O–H groups in total. The number of benzene rings is 2. The summed E-state index contributed by atoms with van der Waals surface area (Å²) in [4.78, 5) is 0. The molecular weight excluding hydrogens is 404 g/mol. The van der Waals surface area contributed by atoms with Gasteiger partial charge in [0, 0.05) is 19.7 Å². The Morgan fingerprint density at radius 2 is 1.75 bits per heavy atom. The highest BCUT2D eigenvalue weighted by Gasteiger charge is 2.11. The van der Waals surface area contributed by atoms with Gasteiger partial charge in [0.05, 0.1) is 0 Å². The Labute approximate surface area is 143 Å². The normalized spacial score (nSPS) is 12.4. The van der Waals surface area contributed by atoms with Gasteiger partial charge in [-0.3, -0.25) is 0 Å². The Kier molecular flexibility index (Phi) is 6.15. The van der Waals surface area contributed by atoms with Crippen molar-refractivity contribution in [3.8, 4) is 0 Å². The molecule has 106 valence electrons. The quantitative estimate of drug-likeness (QED) is 0.674. The van der Waals surface area contributed by atoms with Crippen molar-refractivity contribution in [2.75, 3.05) is 7.05 Å². The van der Waals surface area contributed by atoms with Gasteiger partial charge in [-0.25, -0.2) is 0 Å². The second-order valence-electron chi connectivity index (χ2n) is 4.76. The molecule has 0 aromatic heterocycles. The molecule has 2 aromatic rings.